The molecule has 1 aliphatic carbocycles. The highest BCUT2D eigenvalue weighted by atomic mass is 32.2. The molecule has 4 rings (SSSR count). The number of benzene rings is 1. The predicted molar refractivity (Wildman–Crippen MR) is 155 cm³/mol. The van der Waals surface area contributed by atoms with Gasteiger partial charge in [0.05, 0.1) is 0 Å². The van der Waals surface area contributed by atoms with Crippen LogP contribution in [-0.4, -0.2) is 84.9 Å². The number of amidine groups is 1. The summed E-state index contributed by atoms with van der Waals surface area (Å²) in [7, 11) is 4.21. The Kier molecular flexibility index (Phi) is 9.24. The van der Waals surface area contributed by atoms with Crippen LogP contribution in [0.1, 0.15) is 25.3 Å². The van der Waals surface area contributed by atoms with Crippen molar-refractivity contribution in [2.24, 2.45) is 22.4 Å². The molecule has 1 aromatic heterocycles. The third-order valence-corrected chi connectivity index (χ3v) is 7.37. The van der Waals surface area contributed by atoms with E-state index in [1.165, 1.54) is 11.8 Å². The molecule has 38 heavy (non-hydrogen) atoms. The van der Waals surface area contributed by atoms with Gasteiger partial charge in [0.2, 0.25) is 5.91 Å². The molecule has 1 amide bonds. The van der Waals surface area contributed by atoms with Gasteiger partial charge in [-0.2, -0.15) is 0 Å². The first-order valence-corrected chi connectivity index (χ1v) is 13.9. The number of amides is 1. The summed E-state index contributed by atoms with van der Waals surface area (Å²) >= 11 is 1.46. The van der Waals surface area contributed by atoms with Crippen LogP contribution in [0.2, 0.25) is 0 Å². The number of hydrogen-bond donors (Lipinski definition) is 3. The molecular weight excluding hydrogens is 498 g/mol. The molecule has 2 heterocycles. The number of aromatic nitrogens is 2. The van der Waals surface area contributed by atoms with E-state index < -0.39 is 0 Å². The van der Waals surface area contributed by atoms with E-state index >= 15 is 0 Å². The van der Waals surface area contributed by atoms with E-state index in [-0.39, 0.29) is 11.8 Å². The third-order valence-electron chi connectivity index (χ3n) is 6.50. The number of nitrogens with zero attached hydrogens (tertiary/aromatic N) is 6. The second-order valence-electron chi connectivity index (χ2n) is 10.2. The van der Waals surface area contributed by atoms with E-state index in [0.717, 1.165) is 74.1 Å². The highest BCUT2D eigenvalue weighted by molar-refractivity contribution is 7.99. The lowest BCUT2D eigenvalue weighted by molar-refractivity contribution is -0.117. The van der Waals surface area contributed by atoms with Crippen LogP contribution in [0.4, 0.5) is 17.3 Å². The molecule has 0 atom stereocenters. The number of carbonyl (C=O) groups excluding carboxylic acids is 1. The van der Waals surface area contributed by atoms with Crippen molar-refractivity contribution < 1.29 is 4.79 Å². The van der Waals surface area contributed by atoms with Gasteiger partial charge in [0, 0.05) is 67.0 Å². The molecule has 0 unspecified atom stereocenters. The molecule has 2 aromatic rings. The van der Waals surface area contributed by atoms with E-state index in [1.807, 2.05) is 31.2 Å². The average Bonchev–Trinajstić information content (AvgIpc) is 3.71. The van der Waals surface area contributed by atoms with Crippen LogP contribution < -0.4 is 21.7 Å². The van der Waals surface area contributed by atoms with Crippen LogP contribution in [0.3, 0.4) is 0 Å². The summed E-state index contributed by atoms with van der Waals surface area (Å²) in [5.41, 5.74) is 14.2. The molecule has 0 radical (unpaired) electrons. The van der Waals surface area contributed by atoms with Gasteiger partial charge in [0.15, 0.2) is 11.0 Å². The van der Waals surface area contributed by atoms with Crippen molar-refractivity contribution in [2.75, 3.05) is 63.6 Å². The van der Waals surface area contributed by atoms with Crippen molar-refractivity contribution >= 4 is 40.8 Å². The second kappa shape index (κ2) is 12.6. The number of hydrogen-bond acceptors (Lipinski definition) is 9. The summed E-state index contributed by atoms with van der Waals surface area (Å²) in [6.07, 6.45) is 3.59. The number of allylic oxidation sites excluding steroid dienone is 1. The lowest BCUT2D eigenvalue weighted by atomic mass is 10.2. The lowest BCUT2D eigenvalue weighted by Gasteiger charge is -2.36. The Balaban J connectivity index is 1.54. The molecular formula is C27H39N9OS. The van der Waals surface area contributed by atoms with Crippen molar-refractivity contribution in [3.63, 3.8) is 0 Å². The average molecular weight is 538 g/mol. The van der Waals surface area contributed by atoms with Crippen molar-refractivity contribution in [1.82, 2.24) is 19.8 Å². The summed E-state index contributed by atoms with van der Waals surface area (Å²) in [6.45, 7) is 9.57. The Morgan fingerprint density at radius 2 is 1.84 bits per heavy atom. The first kappa shape index (κ1) is 27.9. The molecule has 11 heteroatoms. The molecule has 2 fully saturated rings. The van der Waals surface area contributed by atoms with Crippen molar-refractivity contribution in [3.05, 3.63) is 41.6 Å². The van der Waals surface area contributed by atoms with Crippen LogP contribution in [0.5, 0.6) is 0 Å². The zero-order valence-electron chi connectivity index (χ0n) is 22.8. The lowest BCUT2D eigenvalue weighted by Crippen LogP contribution is -2.48. The molecule has 1 aromatic carbocycles. The minimum absolute atomic E-state index is 0.0978. The van der Waals surface area contributed by atoms with Gasteiger partial charge in [-0.15, -0.1) is 0 Å². The minimum Gasteiger partial charge on any atom is -0.402 e. The van der Waals surface area contributed by atoms with Gasteiger partial charge in [-0.3, -0.25) is 9.69 Å². The highest BCUT2D eigenvalue weighted by Crippen LogP contribution is 2.34. The van der Waals surface area contributed by atoms with Crippen molar-refractivity contribution in [3.8, 4) is 0 Å². The molecule has 0 bridgehead atoms. The van der Waals surface area contributed by atoms with Crippen LogP contribution in [0.25, 0.3) is 0 Å². The molecule has 1 aliphatic heterocycles. The Hall–Kier alpha value is -3.15. The smallest absolute Gasteiger partial charge is 0.227 e. The molecule has 204 valence electrons. The Morgan fingerprint density at radius 3 is 2.45 bits per heavy atom. The summed E-state index contributed by atoms with van der Waals surface area (Å²) in [4.78, 5) is 34.3. The molecule has 1 saturated carbocycles. The van der Waals surface area contributed by atoms with Crippen LogP contribution in [0, 0.1) is 12.8 Å². The first-order valence-electron chi connectivity index (χ1n) is 13.1. The predicted octanol–water partition coefficient (Wildman–Crippen LogP) is 2.82. The Labute approximate surface area is 229 Å². The Bertz CT molecular complexity index is 1180. The number of aliphatic imine (C=N–C) groups is 1. The van der Waals surface area contributed by atoms with Gasteiger partial charge < -0.3 is 26.6 Å². The monoisotopic (exact) mass is 537 g/mol. The molecule has 10 nitrogen and oxygen atoms in total. The van der Waals surface area contributed by atoms with Gasteiger partial charge in [-0.1, -0.05) is 0 Å². The minimum atomic E-state index is 0.0978. The maximum atomic E-state index is 12.1. The van der Waals surface area contributed by atoms with E-state index in [1.54, 1.807) is 13.0 Å². The number of carbonyl (C=O) groups is 1. The van der Waals surface area contributed by atoms with E-state index in [2.05, 4.69) is 39.1 Å². The van der Waals surface area contributed by atoms with Crippen molar-refractivity contribution in [2.45, 2.75) is 36.7 Å². The second-order valence-corrected chi connectivity index (χ2v) is 11.3. The third kappa shape index (κ3) is 7.92. The van der Waals surface area contributed by atoms with E-state index in [9.17, 15) is 4.79 Å². The summed E-state index contributed by atoms with van der Waals surface area (Å²) < 4.78 is 0. The first-order chi connectivity index (χ1) is 18.2. The number of rotatable bonds is 10. The SMILES string of the molecule is C/C(N)=C/C(N)=N/c1nc(Sc2ccc(NC(=O)C3CC3)cc2)nc(N2CCN(CCN(C)C)CC2)c1C. The molecule has 2 aliphatic rings. The van der Waals surface area contributed by atoms with Crippen LogP contribution >= 0.6 is 11.8 Å². The summed E-state index contributed by atoms with van der Waals surface area (Å²) in [5.74, 6) is 1.99. The largest absolute Gasteiger partial charge is 0.402 e. The van der Waals surface area contributed by atoms with Gasteiger partial charge in [0.1, 0.15) is 11.7 Å². The van der Waals surface area contributed by atoms with E-state index in [0.29, 0.717) is 22.5 Å². The maximum Gasteiger partial charge on any atom is 0.227 e. The van der Waals surface area contributed by atoms with Gasteiger partial charge in [-0.05, 0) is 82.9 Å². The van der Waals surface area contributed by atoms with Crippen LogP contribution in [0.15, 0.2) is 51.1 Å². The fourth-order valence-electron chi connectivity index (χ4n) is 4.15. The summed E-state index contributed by atoms with van der Waals surface area (Å²) in [6, 6.07) is 7.77. The number of nitrogens with two attached hydrogens (primary N) is 2. The quantitative estimate of drug-likeness (QED) is 0.238. The number of nitrogens with one attached hydrogen (secondary N) is 1. The highest BCUT2D eigenvalue weighted by Gasteiger charge is 2.29. The number of anilines is 2. The number of piperazine rings is 1. The van der Waals surface area contributed by atoms with E-state index in [4.69, 9.17) is 21.4 Å². The topological polar surface area (TPSA) is 129 Å². The zero-order chi connectivity index (χ0) is 27.2. The molecule has 0 spiro atoms. The Morgan fingerprint density at radius 1 is 1.16 bits per heavy atom. The van der Waals surface area contributed by atoms with Gasteiger partial charge >= 0.3 is 0 Å². The fourth-order valence-corrected chi connectivity index (χ4v) is 4.90. The van der Waals surface area contributed by atoms with Gasteiger partial charge in [0.25, 0.3) is 0 Å². The van der Waals surface area contributed by atoms with Gasteiger partial charge in [-0.25, -0.2) is 15.0 Å². The number of likely N-dealkylation sites (N-methyl/N-ethyl adjacent to an activating group) is 1. The van der Waals surface area contributed by atoms with Crippen LogP contribution in [-0.2, 0) is 4.79 Å². The fraction of sp³-hybridized carbons (Fsp3) is 0.481. The normalized spacial score (nSPS) is 17.2. The summed E-state index contributed by atoms with van der Waals surface area (Å²) in [5, 5.41) is 3.57. The maximum absolute atomic E-state index is 12.1. The zero-order valence-corrected chi connectivity index (χ0v) is 23.6. The molecule has 5 N–H and O–H groups in total. The molecule has 1 saturated heterocycles. The standard InChI is InChI=1S/C27H39N9OS/c1-18(28)17-23(29)31-24-19(2)25(36-15-13-35(14-16-36)12-11-34(3)4)33-27(32-24)38-22-9-7-21(8-10-22)30-26(37)20-5-6-20/h7-10,17,20H,5-6,11-16,28H2,1-4H3,(H,30,37)(H2,29,31,32,33)/b18-17-. The van der Waals surface area contributed by atoms with Crippen molar-refractivity contribution in [1.29, 1.82) is 0 Å².